The summed E-state index contributed by atoms with van der Waals surface area (Å²) in [5.74, 6) is 1.48. The lowest BCUT2D eigenvalue weighted by Gasteiger charge is -2.27. The first-order valence-corrected chi connectivity index (χ1v) is 7.51. The van der Waals surface area contributed by atoms with Crippen molar-refractivity contribution in [1.29, 1.82) is 0 Å². The van der Waals surface area contributed by atoms with Crippen molar-refractivity contribution in [2.24, 2.45) is 5.41 Å². The summed E-state index contributed by atoms with van der Waals surface area (Å²) in [6.45, 7) is 4.09. The van der Waals surface area contributed by atoms with Gasteiger partial charge in [0, 0.05) is 25.4 Å². The van der Waals surface area contributed by atoms with Gasteiger partial charge in [0.2, 0.25) is 0 Å². The number of nitrogens with one attached hydrogen (secondary N) is 1. The predicted octanol–water partition coefficient (Wildman–Crippen LogP) is 3.16. The van der Waals surface area contributed by atoms with Crippen molar-refractivity contribution in [2.75, 3.05) is 20.8 Å². The fraction of sp³-hybridized carbons (Fsp3) is 0.688. The van der Waals surface area contributed by atoms with Crippen molar-refractivity contribution in [2.45, 2.75) is 45.6 Å². The van der Waals surface area contributed by atoms with Crippen LogP contribution in [-0.4, -0.2) is 25.7 Å². The van der Waals surface area contributed by atoms with Crippen LogP contribution in [0.3, 0.4) is 0 Å². The van der Waals surface area contributed by atoms with Crippen LogP contribution in [-0.2, 0) is 6.54 Å². The molecule has 1 aromatic heterocycles. The van der Waals surface area contributed by atoms with Crippen LogP contribution in [0.2, 0.25) is 0 Å². The monoisotopic (exact) mass is 278 g/mol. The summed E-state index contributed by atoms with van der Waals surface area (Å²) in [5.41, 5.74) is 1.41. The second kappa shape index (κ2) is 6.93. The van der Waals surface area contributed by atoms with Gasteiger partial charge in [-0.05, 0) is 24.7 Å². The lowest BCUT2D eigenvalue weighted by Crippen LogP contribution is -2.31. The van der Waals surface area contributed by atoms with Gasteiger partial charge in [0.25, 0.3) is 0 Å². The van der Waals surface area contributed by atoms with Crippen LogP contribution in [0.4, 0.5) is 0 Å². The van der Waals surface area contributed by atoms with E-state index in [0.29, 0.717) is 5.41 Å². The normalized spacial score (nSPS) is 17.1. The molecule has 4 nitrogen and oxygen atoms in total. The van der Waals surface area contributed by atoms with E-state index in [1.54, 1.807) is 20.4 Å². The van der Waals surface area contributed by atoms with Crippen LogP contribution < -0.4 is 14.8 Å². The molecule has 0 spiro atoms. The van der Waals surface area contributed by atoms with Crippen LogP contribution in [0, 0.1) is 5.41 Å². The minimum Gasteiger partial charge on any atom is -0.493 e. The quantitative estimate of drug-likeness (QED) is 0.832. The van der Waals surface area contributed by atoms with E-state index in [1.165, 1.54) is 32.1 Å². The Kier molecular flexibility index (Phi) is 5.24. The van der Waals surface area contributed by atoms with E-state index in [0.717, 1.165) is 30.3 Å². The van der Waals surface area contributed by atoms with Gasteiger partial charge in [0.05, 0.1) is 19.9 Å². The maximum absolute atomic E-state index is 5.41. The number of hydrogen-bond acceptors (Lipinski definition) is 4. The summed E-state index contributed by atoms with van der Waals surface area (Å²) >= 11 is 0. The molecule has 1 aliphatic rings. The summed E-state index contributed by atoms with van der Waals surface area (Å²) in [4.78, 5) is 4.40. The highest BCUT2D eigenvalue weighted by Crippen LogP contribution is 2.40. The zero-order chi connectivity index (χ0) is 14.4. The number of nitrogens with zero attached hydrogens (tertiary/aromatic N) is 1. The molecule has 0 radical (unpaired) electrons. The van der Waals surface area contributed by atoms with E-state index < -0.39 is 0 Å². The Morgan fingerprint density at radius 2 is 2.00 bits per heavy atom. The van der Waals surface area contributed by atoms with Crippen molar-refractivity contribution in [3.05, 3.63) is 18.0 Å². The highest BCUT2D eigenvalue weighted by Gasteiger charge is 2.31. The van der Waals surface area contributed by atoms with Crippen LogP contribution in [0.25, 0.3) is 0 Å². The zero-order valence-corrected chi connectivity index (χ0v) is 12.9. The van der Waals surface area contributed by atoms with Gasteiger partial charge in [-0.15, -0.1) is 0 Å². The molecule has 1 aromatic rings. The maximum Gasteiger partial charge on any atom is 0.183 e. The lowest BCUT2D eigenvalue weighted by atomic mass is 9.83. The fourth-order valence-corrected chi connectivity index (χ4v) is 3.20. The number of rotatable bonds is 7. The largest absolute Gasteiger partial charge is 0.493 e. The second-order valence-electron chi connectivity index (χ2n) is 5.66. The Balaban J connectivity index is 1.97. The Bertz CT molecular complexity index is 428. The molecule has 0 amide bonds. The molecule has 4 heteroatoms. The maximum atomic E-state index is 5.41. The van der Waals surface area contributed by atoms with E-state index in [4.69, 9.17) is 9.47 Å². The molecule has 1 N–H and O–H groups in total. The molecule has 1 aliphatic carbocycles. The smallest absolute Gasteiger partial charge is 0.183 e. The summed E-state index contributed by atoms with van der Waals surface area (Å²) in [6, 6.07) is 1.83. The molecule has 0 atom stereocenters. The molecule has 20 heavy (non-hydrogen) atoms. The van der Waals surface area contributed by atoms with Crippen LogP contribution in [0.5, 0.6) is 11.5 Å². The molecular weight excluding hydrogens is 252 g/mol. The molecule has 0 saturated heterocycles. The van der Waals surface area contributed by atoms with Crippen LogP contribution in [0.15, 0.2) is 12.3 Å². The molecule has 2 rings (SSSR count). The first-order valence-electron chi connectivity index (χ1n) is 7.51. The SMILES string of the molecule is CCC1(CNCc2nccc(OC)c2OC)CCCC1. The van der Waals surface area contributed by atoms with Crippen LogP contribution >= 0.6 is 0 Å². The number of methoxy groups -OCH3 is 2. The third-order valence-corrected chi connectivity index (χ3v) is 4.57. The van der Waals surface area contributed by atoms with Gasteiger partial charge in [-0.3, -0.25) is 4.98 Å². The van der Waals surface area contributed by atoms with Gasteiger partial charge >= 0.3 is 0 Å². The Labute approximate surface area is 121 Å². The molecule has 0 aliphatic heterocycles. The first kappa shape index (κ1) is 15.1. The van der Waals surface area contributed by atoms with E-state index in [1.807, 2.05) is 6.07 Å². The zero-order valence-electron chi connectivity index (χ0n) is 12.9. The molecule has 1 fully saturated rings. The molecule has 0 bridgehead atoms. The third kappa shape index (κ3) is 3.23. The molecule has 1 saturated carbocycles. The summed E-state index contributed by atoms with van der Waals surface area (Å²) < 4.78 is 10.7. The Morgan fingerprint density at radius 3 is 2.60 bits per heavy atom. The van der Waals surface area contributed by atoms with Crippen molar-refractivity contribution in [3.8, 4) is 11.5 Å². The van der Waals surface area contributed by atoms with Gasteiger partial charge in [-0.25, -0.2) is 0 Å². The van der Waals surface area contributed by atoms with Crippen molar-refractivity contribution in [3.63, 3.8) is 0 Å². The van der Waals surface area contributed by atoms with Crippen molar-refractivity contribution >= 4 is 0 Å². The Hall–Kier alpha value is -1.29. The molecule has 1 heterocycles. The second-order valence-corrected chi connectivity index (χ2v) is 5.66. The highest BCUT2D eigenvalue weighted by molar-refractivity contribution is 5.42. The molecule has 112 valence electrons. The van der Waals surface area contributed by atoms with Gasteiger partial charge in [-0.1, -0.05) is 19.8 Å². The minimum atomic E-state index is 0.492. The van der Waals surface area contributed by atoms with Gasteiger partial charge < -0.3 is 14.8 Å². The predicted molar refractivity (Wildman–Crippen MR) is 80.2 cm³/mol. The number of ether oxygens (including phenoxy) is 2. The molecular formula is C16H26N2O2. The standard InChI is InChI=1S/C16H26N2O2/c1-4-16(8-5-6-9-16)12-17-11-13-15(20-3)14(19-2)7-10-18-13/h7,10,17H,4-6,8-9,11-12H2,1-3H3. The first-order chi connectivity index (χ1) is 9.74. The average Bonchev–Trinajstić information content (AvgIpc) is 2.96. The van der Waals surface area contributed by atoms with Crippen molar-refractivity contribution in [1.82, 2.24) is 10.3 Å². The molecule has 0 aromatic carbocycles. The summed E-state index contributed by atoms with van der Waals surface area (Å²) in [7, 11) is 3.31. The van der Waals surface area contributed by atoms with E-state index in [9.17, 15) is 0 Å². The third-order valence-electron chi connectivity index (χ3n) is 4.57. The fourth-order valence-electron chi connectivity index (χ4n) is 3.20. The number of pyridine rings is 1. The summed E-state index contributed by atoms with van der Waals surface area (Å²) in [6.07, 6.45) is 8.46. The van der Waals surface area contributed by atoms with Gasteiger partial charge in [-0.2, -0.15) is 0 Å². The molecule has 0 unspecified atom stereocenters. The van der Waals surface area contributed by atoms with Crippen molar-refractivity contribution < 1.29 is 9.47 Å². The van der Waals surface area contributed by atoms with E-state index >= 15 is 0 Å². The topological polar surface area (TPSA) is 43.4 Å². The average molecular weight is 278 g/mol. The number of hydrogen-bond donors (Lipinski definition) is 1. The number of aromatic nitrogens is 1. The Morgan fingerprint density at radius 1 is 1.25 bits per heavy atom. The minimum absolute atomic E-state index is 0.492. The van der Waals surface area contributed by atoms with Crippen LogP contribution in [0.1, 0.15) is 44.7 Å². The summed E-state index contributed by atoms with van der Waals surface area (Å²) in [5, 5.41) is 3.56. The van der Waals surface area contributed by atoms with E-state index in [-0.39, 0.29) is 0 Å². The van der Waals surface area contributed by atoms with Gasteiger partial charge in [0.15, 0.2) is 11.5 Å². The van der Waals surface area contributed by atoms with E-state index in [2.05, 4.69) is 17.2 Å². The van der Waals surface area contributed by atoms with Gasteiger partial charge in [0.1, 0.15) is 0 Å². The highest BCUT2D eigenvalue weighted by atomic mass is 16.5. The lowest BCUT2D eigenvalue weighted by molar-refractivity contribution is 0.266.